The first kappa shape index (κ1) is 17.2. The van der Waals surface area contributed by atoms with Crippen LogP contribution < -0.4 is 10.0 Å². The number of amidine groups is 1. The number of carbonyl (C=O) groups excluding carboxylic acids is 1. The molecular weight excluding hydrogens is 338 g/mol. The number of rotatable bonds is 3. The standard InChI is InChI=1S/C18H19N3O3S/c1-11-7-6-9-15(12(11)2)20-18(22)13(3)19-17-14-8-4-5-10-16(14)25(23,24)21-17/h4-10,13H,1-3H3,(H,19,21)(H,20,22)/t13-/m0/s1. The Morgan fingerprint density at radius 2 is 1.84 bits per heavy atom. The van der Waals surface area contributed by atoms with Gasteiger partial charge in [0.25, 0.3) is 10.0 Å². The summed E-state index contributed by atoms with van der Waals surface area (Å²) in [5, 5.41) is 2.85. The Balaban J connectivity index is 1.85. The van der Waals surface area contributed by atoms with Crippen molar-refractivity contribution >= 4 is 27.5 Å². The van der Waals surface area contributed by atoms with E-state index in [1.54, 1.807) is 25.1 Å². The molecule has 0 radical (unpaired) electrons. The zero-order chi connectivity index (χ0) is 18.2. The van der Waals surface area contributed by atoms with E-state index in [2.05, 4.69) is 15.0 Å². The van der Waals surface area contributed by atoms with Gasteiger partial charge in [-0.2, -0.15) is 0 Å². The second kappa shape index (κ2) is 6.33. The third kappa shape index (κ3) is 3.28. The Labute approximate surface area is 147 Å². The molecule has 2 N–H and O–H groups in total. The SMILES string of the molecule is Cc1cccc(NC(=O)[C@H](C)N=C2NS(=O)(=O)c3ccccc32)c1C. The van der Waals surface area contributed by atoms with Gasteiger partial charge in [0.2, 0.25) is 5.91 Å². The molecule has 0 aliphatic carbocycles. The molecule has 3 rings (SSSR count). The number of nitrogens with zero attached hydrogens (tertiary/aromatic N) is 1. The smallest absolute Gasteiger partial charge is 0.263 e. The first-order valence-electron chi connectivity index (χ1n) is 7.86. The summed E-state index contributed by atoms with van der Waals surface area (Å²) in [5.74, 6) is -0.107. The first-order chi connectivity index (χ1) is 11.8. The summed E-state index contributed by atoms with van der Waals surface area (Å²) in [6.07, 6.45) is 0. The van der Waals surface area contributed by atoms with E-state index in [4.69, 9.17) is 0 Å². The van der Waals surface area contributed by atoms with Crippen LogP contribution >= 0.6 is 0 Å². The minimum atomic E-state index is -3.61. The highest BCUT2D eigenvalue weighted by Crippen LogP contribution is 2.23. The molecule has 1 heterocycles. The Morgan fingerprint density at radius 3 is 2.60 bits per heavy atom. The van der Waals surface area contributed by atoms with Crippen molar-refractivity contribution in [2.45, 2.75) is 31.7 Å². The number of aryl methyl sites for hydroxylation is 1. The Kier molecular flexibility index (Phi) is 4.34. The average molecular weight is 357 g/mol. The normalized spacial score (nSPS) is 17.6. The summed E-state index contributed by atoms with van der Waals surface area (Å²) >= 11 is 0. The lowest BCUT2D eigenvalue weighted by Gasteiger charge is -2.13. The van der Waals surface area contributed by atoms with Crippen LogP contribution in [-0.2, 0) is 14.8 Å². The highest BCUT2D eigenvalue weighted by molar-refractivity contribution is 7.90. The zero-order valence-corrected chi connectivity index (χ0v) is 15.0. The number of amides is 1. The summed E-state index contributed by atoms with van der Waals surface area (Å²) in [7, 11) is -3.61. The number of aliphatic imine (C=N–C) groups is 1. The summed E-state index contributed by atoms with van der Waals surface area (Å²) < 4.78 is 26.6. The van der Waals surface area contributed by atoms with Crippen molar-refractivity contribution in [3.63, 3.8) is 0 Å². The predicted octanol–water partition coefficient (Wildman–Crippen LogP) is 2.37. The van der Waals surface area contributed by atoms with Crippen molar-refractivity contribution in [2.24, 2.45) is 4.99 Å². The van der Waals surface area contributed by atoms with Crippen molar-refractivity contribution in [1.82, 2.24) is 4.72 Å². The second-order valence-corrected chi connectivity index (χ2v) is 7.64. The van der Waals surface area contributed by atoms with E-state index >= 15 is 0 Å². The number of anilines is 1. The van der Waals surface area contributed by atoms with Gasteiger partial charge in [0.05, 0.1) is 4.90 Å². The van der Waals surface area contributed by atoms with Crippen molar-refractivity contribution in [3.05, 3.63) is 59.2 Å². The van der Waals surface area contributed by atoms with Crippen LogP contribution in [0.3, 0.4) is 0 Å². The van der Waals surface area contributed by atoms with E-state index in [-0.39, 0.29) is 16.6 Å². The molecule has 1 atom stereocenters. The molecule has 2 aromatic rings. The van der Waals surface area contributed by atoms with Crippen molar-refractivity contribution in [3.8, 4) is 0 Å². The molecule has 7 heteroatoms. The van der Waals surface area contributed by atoms with Crippen LogP contribution in [0, 0.1) is 13.8 Å². The van der Waals surface area contributed by atoms with Crippen LogP contribution in [0.25, 0.3) is 0 Å². The van der Waals surface area contributed by atoms with Crippen LogP contribution in [0.1, 0.15) is 23.6 Å². The Bertz CT molecular complexity index is 981. The monoisotopic (exact) mass is 357 g/mol. The molecular formula is C18H19N3O3S. The number of hydrogen-bond acceptors (Lipinski definition) is 4. The molecule has 0 unspecified atom stereocenters. The van der Waals surface area contributed by atoms with E-state index in [1.165, 1.54) is 6.07 Å². The lowest BCUT2D eigenvalue weighted by molar-refractivity contribution is -0.117. The van der Waals surface area contributed by atoms with E-state index in [0.29, 0.717) is 5.56 Å². The van der Waals surface area contributed by atoms with Gasteiger partial charge in [-0.1, -0.05) is 24.3 Å². The van der Waals surface area contributed by atoms with Gasteiger partial charge in [-0.25, -0.2) is 8.42 Å². The minimum absolute atomic E-state index is 0.177. The third-order valence-electron chi connectivity index (χ3n) is 4.23. The number of hydrogen-bond donors (Lipinski definition) is 2. The fraction of sp³-hybridized carbons (Fsp3) is 0.222. The minimum Gasteiger partial charge on any atom is -0.324 e. The lowest BCUT2D eigenvalue weighted by atomic mass is 10.1. The molecule has 0 fully saturated rings. The average Bonchev–Trinajstić information content (AvgIpc) is 2.83. The van der Waals surface area contributed by atoms with Gasteiger partial charge in [0.15, 0.2) is 0 Å². The molecule has 0 bridgehead atoms. The fourth-order valence-electron chi connectivity index (χ4n) is 2.61. The fourth-order valence-corrected chi connectivity index (χ4v) is 3.84. The van der Waals surface area contributed by atoms with Crippen LogP contribution in [0.2, 0.25) is 0 Å². The predicted molar refractivity (Wildman–Crippen MR) is 97.3 cm³/mol. The van der Waals surface area contributed by atoms with Gasteiger partial charge >= 0.3 is 0 Å². The molecule has 6 nitrogen and oxygen atoms in total. The Morgan fingerprint density at radius 1 is 1.12 bits per heavy atom. The Hall–Kier alpha value is -2.67. The van der Waals surface area contributed by atoms with Gasteiger partial charge in [0.1, 0.15) is 11.9 Å². The summed E-state index contributed by atoms with van der Waals surface area (Å²) in [6, 6.07) is 11.5. The van der Waals surface area contributed by atoms with Gasteiger partial charge in [-0.3, -0.25) is 14.5 Å². The topological polar surface area (TPSA) is 87.6 Å². The highest BCUT2D eigenvalue weighted by atomic mass is 32.2. The zero-order valence-electron chi connectivity index (χ0n) is 14.2. The molecule has 1 amide bonds. The molecule has 1 aliphatic rings. The molecule has 2 aromatic carbocycles. The number of nitrogens with one attached hydrogen (secondary N) is 2. The first-order valence-corrected chi connectivity index (χ1v) is 9.35. The van der Waals surface area contributed by atoms with Crippen LogP contribution in [-0.4, -0.2) is 26.2 Å². The molecule has 130 valence electrons. The molecule has 1 aliphatic heterocycles. The van der Waals surface area contributed by atoms with Crippen LogP contribution in [0.5, 0.6) is 0 Å². The molecule has 0 aromatic heterocycles. The highest BCUT2D eigenvalue weighted by Gasteiger charge is 2.31. The van der Waals surface area contributed by atoms with E-state index in [9.17, 15) is 13.2 Å². The van der Waals surface area contributed by atoms with Crippen LogP contribution in [0.4, 0.5) is 5.69 Å². The number of sulfonamides is 1. The van der Waals surface area contributed by atoms with E-state index in [0.717, 1.165) is 16.8 Å². The maximum Gasteiger partial charge on any atom is 0.263 e. The largest absolute Gasteiger partial charge is 0.324 e. The molecule has 25 heavy (non-hydrogen) atoms. The summed E-state index contributed by atoms with van der Waals surface area (Å²) in [5.41, 5.74) is 3.27. The van der Waals surface area contributed by atoms with Gasteiger partial charge in [-0.05, 0) is 50.1 Å². The molecule has 0 spiro atoms. The van der Waals surface area contributed by atoms with Crippen molar-refractivity contribution in [2.75, 3.05) is 5.32 Å². The number of benzene rings is 2. The maximum absolute atomic E-state index is 12.4. The van der Waals surface area contributed by atoms with Crippen molar-refractivity contribution in [1.29, 1.82) is 0 Å². The van der Waals surface area contributed by atoms with Gasteiger partial charge in [0, 0.05) is 11.3 Å². The quantitative estimate of drug-likeness (QED) is 0.884. The second-order valence-electron chi connectivity index (χ2n) is 5.99. The van der Waals surface area contributed by atoms with E-state index < -0.39 is 16.1 Å². The lowest BCUT2D eigenvalue weighted by Crippen LogP contribution is -2.29. The number of fused-ring (bicyclic) bond motifs is 1. The summed E-state index contributed by atoms with van der Waals surface area (Å²) in [4.78, 5) is 16.9. The summed E-state index contributed by atoms with van der Waals surface area (Å²) in [6.45, 7) is 5.53. The maximum atomic E-state index is 12.4. The van der Waals surface area contributed by atoms with Crippen molar-refractivity contribution < 1.29 is 13.2 Å². The molecule has 0 saturated carbocycles. The third-order valence-corrected chi connectivity index (χ3v) is 5.62. The van der Waals surface area contributed by atoms with Crippen LogP contribution in [0.15, 0.2) is 52.4 Å². The number of carbonyl (C=O) groups is 1. The van der Waals surface area contributed by atoms with Gasteiger partial charge in [-0.15, -0.1) is 0 Å². The van der Waals surface area contributed by atoms with E-state index in [1.807, 2.05) is 32.0 Å². The molecule has 0 saturated heterocycles. The van der Waals surface area contributed by atoms with Gasteiger partial charge < -0.3 is 5.32 Å².